The van der Waals surface area contributed by atoms with Crippen molar-refractivity contribution in [1.82, 2.24) is 24.6 Å². The van der Waals surface area contributed by atoms with Crippen LogP contribution in [0.4, 0.5) is 0 Å². The summed E-state index contributed by atoms with van der Waals surface area (Å²) in [6, 6.07) is 33.5. The maximum atomic E-state index is 15.5. The normalized spacial score (nSPS) is 25.7. The van der Waals surface area contributed by atoms with Crippen LogP contribution in [0.2, 0.25) is 0 Å². The number of nitrogens with zero attached hydrogens (tertiary/aromatic N) is 3. The van der Waals surface area contributed by atoms with Crippen LogP contribution in [0.5, 0.6) is 11.5 Å². The topological polar surface area (TPSA) is 317 Å². The van der Waals surface area contributed by atoms with Crippen LogP contribution in [-0.2, 0) is 49.9 Å². The number of H-pyrrole nitrogens is 1. The fourth-order valence-electron chi connectivity index (χ4n) is 13.5. The Balaban J connectivity index is 0.000000267. The van der Waals surface area contributed by atoms with E-state index in [1.807, 2.05) is 55.9 Å². The molecule has 466 valence electrons. The summed E-state index contributed by atoms with van der Waals surface area (Å²) in [5.74, 6) is -6.63. The van der Waals surface area contributed by atoms with Crippen molar-refractivity contribution in [2.24, 2.45) is 23.8 Å². The van der Waals surface area contributed by atoms with Crippen molar-refractivity contribution >= 4 is 46.5 Å². The Labute approximate surface area is 511 Å². The van der Waals surface area contributed by atoms with Gasteiger partial charge in [0.25, 0.3) is 5.91 Å². The molecule has 7 N–H and O–H groups in total. The molecule has 3 heterocycles. The number of esters is 4. The highest BCUT2D eigenvalue weighted by molar-refractivity contribution is 5.96. The molecule has 0 spiro atoms. The van der Waals surface area contributed by atoms with Gasteiger partial charge in [0.2, 0.25) is 0 Å². The second-order valence-electron chi connectivity index (χ2n) is 24.3. The number of Topliss-reactive ketones (excluding diaryl/α,β-unsaturated/α-hetero) is 1. The Bertz CT molecular complexity index is 3990. The number of aromatic hydroxyl groups is 2. The predicted octanol–water partition coefficient (Wildman–Crippen LogP) is 6.99. The fourth-order valence-corrected chi connectivity index (χ4v) is 13.5. The SMILES string of the molecule is CC(=O)O[C@H]1C(=O)[C@@]2(C)[C@H]([C@H](OC(=O)c3ccccc3)[C@]3(O)C[C@H](OC(=O)[C@H](O)[C@@H](NC(=O)c4ccccc4)c4ccccc4)C(C)=C1C3(C)C)[C@]1(OC(C)=O)CO[C@@H]1C[C@@H]2O.CC(C)c1cc(-c2n[nH]c(=O)n2-c2ccc3c(ccn3C)c2)c(O)cc1O. The highest BCUT2D eigenvalue weighted by Crippen LogP contribution is 2.64. The number of carbonyl (C=O) groups is 6. The van der Waals surface area contributed by atoms with Gasteiger partial charge in [-0.3, -0.25) is 19.2 Å². The van der Waals surface area contributed by atoms with Gasteiger partial charge in [0.05, 0.1) is 46.9 Å². The van der Waals surface area contributed by atoms with Crippen molar-refractivity contribution in [3.05, 3.63) is 177 Å². The number of ether oxygens (including phenoxy) is 5. The molecule has 1 saturated heterocycles. The second kappa shape index (κ2) is 24.0. The molecule has 1 amide bonds. The lowest BCUT2D eigenvalue weighted by Crippen LogP contribution is -2.82. The molecule has 0 unspecified atom stereocenters. The van der Waals surface area contributed by atoms with E-state index in [0.29, 0.717) is 22.4 Å². The maximum absolute atomic E-state index is 15.5. The van der Waals surface area contributed by atoms with E-state index < -0.39 is 118 Å². The highest BCUT2D eigenvalue weighted by atomic mass is 16.6. The molecule has 3 fully saturated rings. The third-order valence-corrected chi connectivity index (χ3v) is 18.3. The van der Waals surface area contributed by atoms with Crippen LogP contribution in [0.25, 0.3) is 28.0 Å². The number of aromatic amines is 1. The zero-order chi connectivity index (χ0) is 64.2. The van der Waals surface area contributed by atoms with Crippen molar-refractivity contribution < 1.29 is 78.0 Å². The molecule has 5 aromatic carbocycles. The summed E-state index contributed by atoms with van der Waals surface area (Å²) in [6.07, 6.45) is -8.56. The van der Waals surface area contributed by atoms with Gasteiger partial charge in [-0.2, -0.15) is 5.10 Å². The van der Waals surface area contributed by atoms with Gasteiger partial charge in [0.1, 0.15) is 35.4 Å². The van der Waals surface area contributed by atoms with E-state index in [1.54, 1.807) is 98.8 Å². The van der Waals surface area contributed by atoms with Crippen LogP contribution in [0.3, 0.4) is 0 Å². The number of amides is 1. The summed E-state index contributed by atoms with van der Waals surface area (Å²) in [7, 11) is 1.96. The zero-order valence-electron chi connectivity index (χ0n) is 50.5. The molecule has 2 aromatic heterocycles. The van der Waals surface area contributed by atoms with Crippen molar-refractivity contribution in [2.75, 3.05) is 6.61 Å². The quantitative estimate of drug-likeness (QED) is 0.0347. The minimum absolute atomic E-state index is 0.00289. The van der Waals surface area contributed by atoms with E-state index in [9.17, 15) is 54.3 Å². The largest absolute Gasteiger partial charge is 0.508 e. The molecule has 22 nitrogen and oxygen atoms in total. The average molecular weight is 1220 g/mol. The number of hydrogen-bond acceptors (Lipinski definition) is 18. The number of rotatable bonds is 13. The third kappa shape index (κ3) is 11.1. The van der Waals surface area contributed by atoms with E-state index in [0.717, 1.165) is 24.8 Å². The monoisotopic (exact) mass is 1220 g/mol. The molecule has 11 atom stereocenters. The first-order valence-electron chi connectivity index (χ1n) is 29.1. The lowest BCUT2D eigenvalue weighted by molar-refractivity contribution is -0.346. The average Bonchev–Trinajstić information content (AvgIpc) is 1.00. The zero-order valence-corrected chi connectivity index (χ0v) is 50.5. The number of aryl methyl sites for hydroxylation is 1. The van der Waals surface area contributed by atoms with E-state index in [-0.39, 0.29) is 58.5 Å². The number of aliphatic hydroxyl groups excluding tert-OH is 2. The van der Waals surface area contributed by atoms with Crippen molar-refractivity contribution in [3.8, 4) is 28.6 Å². The van der Waals surface area contributed by atoms with Crippen molar-refractivity contribution in [3.63, 3.8) is 0 Å². The van der Waals surface area contributed by atoms with E-state index in [4.69, 9.17) is 23.7 Å². The third-order valence-electron chi connectivity index (χ3n) is 18.3. The molecule has 2 bridgehead atoms. The first-order chi connectivity index (χ1) is 42.1. The molecule has 4 aliphatic rings. The molecule has 3 aliphatic carbocycles. The van der Waals surface area contributed by atoms with Crippen molar-refractivity contribution in [1.29, 1.82) is 0 Å². The summed E-state index contributed by atoms with van der Waals surface area (Å²) in [5.41, 5.74) is -4.69. The Kier molecular flexibility index (Phi) is 17.0. The van der Waals surface area contributed by atoms with Gasteiger partial charge >= 0.3 is 29.6 Å². The number of nitrogens with one attached hydrogen (secondary N) is 2. The number of fused-ring (bicyclic) bond motifs is 6. The fraction of sp³-hybridized carbons (Fsp3) is 0.373. The summed E-state index contributed by atoms with van der Waals surface area (Å²) < 4.78 is 33.7. The number of hydrogen-bond donors (Lipinski definition) is 7. The van der Waals surface area contributed by atoms with Gasteiger partial charge in [0.15, 0.2) is 29.4 Å². The molecule has 2 saturated carbocycles. The van der Waals surface area contributed by atoms with Crippen LogP contribution in [0.1, 0.15) is 112 Å². The number of phenolic OH excluding ortho intramolecular Hbond substituents is 2. The number of aromatic nitrogens is 4. The van der Waals surface area contributed by atoms with Gasteiger partial charge in [0, 0.05) is 67.9 Å². The molecular formula is C67H71N5O17. The number of benzene rings is 5. The summed E-state index contributed by atoms with van der Waals surface area (Å²) >= 11 is 0. The Morgan fingerprint density at radius 1 is 0.809 bits per heavy atom. The number of aliphatic hydroxyl groups is 3. The highest BCUT2D eigenvalue weighted by Gasteiger charge is 2.78. The van der Waals surface area contributed by atoms with E-state index in [2.05, 4.69) is 15.5 Å². The second-order valence-corrected chi connectivity index (χ2v) is 24.3. The lowest BCUT2D eigenvalue weighted by atomic mass is 9.44. The van der Waals surface area contributed by atoms with Crippen LogP contribution in [0, 0.1) is 16.7 Å². The molecule has 11 rings (SSSR count). The van der Waals surface area contributed by atoms with Crippen LogP contribution < -0.4 is 11.0 Å². The lowest BCUT2D eigenvalue weighted by Gasteiger charge is -2.67. The van der Waals surface area contributed by atoms with Gasteiger partial charge in [-0.15, -0.1) is 0 Å². The Morgan fingerprint density at radius 3 is 2.06 bits per heavy atom. The van der Waals surface area contributed by atoms with E-state index in [1.165, 1.54) is 36.6 Å². The Hall–Kier alpha value is -9.22. The molecule has 22 heteroatoms. The first kappa shape index (κ1) is 62.8. The van der Waals surface area contributed by atoms with Crippen LogP contribution >= 0.6 is 0 Å². The first-order valence-corrected chi connectivity index (χ1v) is 29.1. The number of ketones is 1. The molecule has 1 aliphatic heterocycles. The maximum Gasteiger partial charge on any atom is 0.348 e. The van der Waals surface area contributed by atoms with Crippen molar-refractivity contribution in [2.45, 2.75) is 128 Å². The predicted molar refractivity (Wildman–Crippen MR) is 321 cm³/mol. The van der Waals surface area contributed by atoms with Gasteiger partial charge in [-0.1, -0.05) is 94.4 Å². The molecule has 89 heavy (non-hydrogen) atoms. The minimum atomic E-state index is -2.39. The molecule has 7 aromatic rings. The minimum Gasteiger partial charge on any atom is -0.508 e. The van der Waals surface area contributed by atoms with Gasteiger partial charge < -0.3 is 59.1 Å². The summed E-state index contributed by atoms with van der Waals surface area (Å²) in [6.45, 7) is 11.9. The number of phenols is 2. The van der Waals surface area contributed by atoms with Gasteiger partial charge in [-0.05, 0) is 96.6 Å². The van der Waals surface area contributed by atoms with Crippen LogP contribution in [0.15, 0.2) is 150 Å². The summed E-state index contributed by atoms with van der Waals surface area (Å²) in [5, 5.41) is 68.3. The van der Waals surface area contributed by atoms with E-state index >= 15 is 4.79 Å². The molecule has 0 radical (unpaired) electrons. The van der Waals surface area contributed by atoms with Gasteiger partial charge in [-0.25, -0.2) is 24.0 Å². The Morgan fingerprint density at radius 2 is 1.45 bits per heavy atom. The number of carbonyl (C=O) groups excluding carboxylic acids is 6. The van der Waals surface area contributed by atoms with Crippen LogP contribution in [-0.4, -0.2) is 135 Å². The smallest absolute Gasteiger partial charge is 0.348 e. The summed E-state index contributed by atoms with van der Waals surface area (Å²) in [4.78, 5) is 95.9. The standard InChI is InChI=1S/C47H51NO14.C20H20N4O3/c1-25-31(60-43(56)36(52)35(28-16-10-7-11-17-28)48-41(54)29-18-12-8-13-19-29)23-47(57)40(61-42(55)30-20-14-9-15-21-30)38-45(6,32(51)22-33-46(38,24-58-33)62-27(3)50)39(53)37(59-26(2)49)34(25)44(47,4)5;1-11(2)14-9-15(18(26)10-17(14)25)19-21-22-20(27)24(19)13-4-5-16-12(8-13)6-7-23(16)3/h7-21,31-33,35-38,40,51-52,57H,22-24H2,1-6H3,(H,48,54);4-11,25-26H,1-3H3,(H,22,27)/t31-,32-,33+,35-,36+,37+,38-,40-,45+,46-,47+;/m0./s1. The molecular weight excluding hydrogens is 1150 g/mol.